The Balaban J connectivity index is 1.79. The van der Waals surface area contributed by atoms with Gasteiger partial charge in [0.25, 0.3) is 10.0 Å². The minimum Gasteiger partial charge on any atom is -0.435 e. The van der Waals surface area contributed by atoms with Crippen LogP contribution in [0, 0.1) is 0 Å². The highest BCUT2D eigenvalue weighted by Crippen LogP contribution is 2.33. The third-order valence-corrected chi connectivity index (χ3v) is 6.15. The van der Waals surface area contributed by atoms with Gasteiger partial charge >= 0.3 is 0 Å². The van der Waals surface area contributed by atoms with Gasteiger partial charge in [0.15, 0.2) is 5.76 Å². The molecule has 0 unspecified atom stereocenters. The van der Waals surface area contributed by atoms with Gasteiger partial charge < -0.3 is 4.42 Å². The number of rotatable bonds is 6. The SMILES string of the molecule is CN(Cc1cccnc1)S(=O)(=O)c1nc(-c2ccccc2)oc1-c1ccccc1. The molecule has 0 spiro atoms. The zero-order chi connectivity index (χ0) is 20.3. The Morgan fingerprint density at radius 3 is 2.17 bits per heavy atom. The zero-order valence-electron chi connectivity index (χ0n) is 15.8. The van der Waals surface area contributed by atoms with Crippen molar-refractivity contribution in [3.05, 3.63) is 90.8 Å². The molecule has 146 valence electrons. The second kappa shape index (κ2) is 7.98. The number of oxazole rings is 1. The number of hydrogen-bond donors (Lipinski definition) is 0. The number of nitrogens with zero attached hydrogens (tertiary/aromatic N) is 3. The predicted octanol–water partition coefficient (Wildman–Crippen LogP) is 4.22. The lowest BCUT2D eigenvalue weighted by Gasteiger charge is -2.16. The molecule has 0 aliphatic carbocycles. The number of benzene rings is 2. The molecule has 4 rings (SSSR count). The highest BCUT2D eigenvalue weighted by atomic mass is 32.2. The largest absolute Gasteiger partial charge is 0.435 e. The van der Waals surface area contributed by atoms with Gasteiger partial charge in [-0.05, 0) is 23.8 Å². The summed E-state index contributed by atoms with van der Waals surface area (Å²) in [7, 11) is -2.38. The van der Waals surface area contributed by atoms with Crippen LogP contribution in [0.3, 0.4) is 0 Å². The summed E-state index contributed by atoms with van der Waals surface area (Å²) in [5.74, 6) is 0.486. The van der Waals surface area contributed by atoms with Gasteiger partial charge in [-0.15, -0.1) is 0 Å². The average molecular weight is 405 g/mol. The van der Waals surface area contributed by atoms with Gasteiger partial charge in [0.1, 0.15) is 0 Å². The van der Waals surface area contributed by atoms with Crippen LogP contribution in [0.2, 0.25) is 0 Å². The van der Waals surface area contributed by atoms with Crippen LogP contribution >= 0.6 is 0 Å². The predicted molar refractivity (Wildman–Crippen MR) is 110 cm³/mol. The Labute approximate surface area is 169 Å². The molecule has 0 atom stereocenters. The van der Waals surface area contributed by atoms with E-state index in [1.54, 1.807) is 30.6 Å². The number of sulfonamides is 1. The van der Waals surface area contributed by atoms with Gasteiger partial charge in [0.2, 0.25) is 10.9 Å². The van der Waals surface area contributed by atoms with Gasteiger partial charge in [-0.2, -0.15) is 9.29 Å². The molecule has 2 aromatic heterocycles. The summed E-state index contributed by atoms with van der Waals surface area (Å²) in [6, 6.07) is 22.0. The van der Waals surface area contributed by atoms with Gasteiger partial charge in [-0.25, -0.2) is 8.42 Å². The molecule has 4 aromatic rings. The van der Waals surface area contributed by atoms with Crippen molar-refractivity contribution >= 4 is 10.0 Å². The monoisotopic (exact) mass is 405 g/mol. The molecule has 0 N–H and O–H groups in total. The summed E-state index contributed by atoms with van der Waals surface area (Å²) in [4.78, 5) is 8.43. The summed E-state index contributed by atoms with van der Waals surface area (Å²) in [6.45, 7) is 0.179. The highest BCUT2D eigenvalue weighted by Gasteiger charge is 2.31. The molecule has 0 saturated carbocycles. The van der Waals surface area contributed by atoms with E-state index in [9.17, 15) is 8.42 Å². The third kappa shape index (κ3) is 3.96. The van der Waals surface area contributed by atoms with Crippen molar-refractivity contribution in [1.29, 1.82) is 0 Å². The van der Waals surface area contributed by atoms with Crippen molar-refractivity contribution in [1.82, 2.24) is 14.3 Å². The fraction of sp³-hybridized carbons (Fsp3) is 0.0909. The zero-order valence-corrected chi connectivity index (χ0v) is 16.6. The molecule has 0 aliphatic heterocycles. The first-order valence-corrected chi connectivity index (χ1v) is 10.5. The van der Waals surface area contributed by atoms with E-state index in [1.165, 1.54) is 11.4 Å². The van der Waals surface area contributed by atoms with Crippen molar-refractivity contribution in [2.75, 3.05) is 7.05 Å². The maximum Gasteiger partial charge on any atom is 0.264 e. The fourth-order valence-electron chi connectivity index (χ4n) is 2.94. The van der Waals surface area contributed by atoms with Crippen LogP contribution in [0.15, 0.2) is 94.6 Å². The maximum atomic E-state index is 13.4. The third-order valence-electron chi connectivity index (χ3n) is 4.44. The lowest BCUT2D eigenvalue weighted by Crippen LogP contribution is -2.27. The van der Waals surface area contributed by atoms with E-state index in [2.05, 4.69) is 9.97 Å². The molecule has 0 bridgehead atoms. The lowest BCUT2D eigenvalue weighted by atomic mass is 10.2. The molecule has 0 aliphatic rings. The van der Waals surface area contributed by atoms with Crippen molar-refractivity contribution in [2.45, 2.75) is 11.6 Å². The van der Waals surface area contributed by atoms with Gasteiger partial charge in [-0.3, -0.25) is 4.98 Å². The second-order valence-corrected chi connectivity index (χ2v) is 8.47. The molecule has 0 radical (unpaired) electrons. The summed E-state index contributed by atoms with van der Waals surface area (Å²) in [6.07, 6.45) is 3.29. The van der Waals surface area contributed by atoms with E-state index < -0.39 is 10.0 Å². The Morgan fingerprint density at radius 2 is 1.55 bits per heavy atom. The van der Waals surface area contributed by atoms with Crippen LogP contribution in [-0.4, -0.2) is 29.7 Å². The van der Waals surface area contributed by atoms with E-state index in [0.29, 0.717) is 11.1 Å². The molecule has 2 heterocycles. The normalized spacial score (nSPS) is 11.7. The van der Waals surface area contributed by atoms with E-state index >= 15 is 0 Å². The quantitative estimate of drug-likeness (QED) is 0.480. The van der Waals surface area contributed by atoms with E-state index in [4.69, 9.17) is 4.42 Å². The van der Waals surface area contributed by atoms with Gasteiger partial charge in [-0.1, -0.05) is 54.6 Å². The van der Waals surface area contributed by atoms with Crippen molar-refractivity contribution < 1.29 is 12.8 Å². The summed E-state index contributed by atoms with van der Waals surface area (Å²) in [5, 5.41) is -0.103. The molecule has 0 amide bonds. The Hall–Kier alpha value is -3.29. The lowest BCUT2D eigenvalue weighted by molar-refractivity contribution is 0.463. The molecule has 0 fully saturated rings. The minimum absolute atomic E-state index is 0.103. The Bertz CT molecular complexity index is 1190. The summed E-state index contributed by atoms with van der Waals surface area (Å²) in [5.41, 5.74) is 2.14. The minimum atomic E-state index is -3.90. The van der Waals surface area contributed by atoms with Crippen molar-refractivity contribution in [3.8, 4) is 22.8 Å². The maximum absolute atomic E-state index is 13.4. The Kier molecular flexibility index (Phi) is 5.24. The first-order chi connectivity index (χ1) is 14.1. The van der Waals surface area contributed by atoms with E-state index in [-0.39, 0.29) is 23.2 Å². The average Bonchev–Trinajstić information content (AvgIpc) is 3.22. The molecule has 7 heteroatoms. The molecule has 6 nitrogen and oxygen atoms in total. The summed E-state index contributed by atoms with van der Waals surface area (Å²) >= 11 is 0. The van der Waals surface area contributed by atoms with E-state index in [0.717, 1.165) is 5.56 Å². The van der Waals surface area contributed by atoms with Crippen LogP contribution in [0.4, 0.5) is 0 Å². The van der Waals surface area contributed by atoms with Crippen LogP contribution in [0.1, 0.15) is 5.56 Å². The topological polar surface area (TPSA) is 76.3 Å². The molecular weight excluding hydrogens is 386 g/mol. The fourth-order valence-corrected chi connectivity index (χ4v) is 4.14. The van der Waals surface area contributed by atoms with Crippen molar-refractivity contribution in [2.24, 2.45) is 0 Å². The molecule has 29 heavy (non-hydrogen) atoms. The van der Waals surface area contributed by atoms with Crippen LogP contribution < -0.4 is 0 Å². The highest BCUT2D eigenvalue weighted by molar-refractivity contribution is 7.89. The summed E-state index contributed by atoms with van der Waals surface area (Å²) < 4.78 is 33.9. The Morgan fingerprint density at radius 1 is 0.897 bits per heavy atom. The number of hydrogen-bond acceptors (Lipinski definition) is 5. The molecule has 0 saturated heterocycles. The smallest absolute Gasteiger partial charge is 0.264 e. The molecular formula is C22H19N3O3S. The van der Waals surface area contributed by atoms with Gasteiger partial charge in [0.05, 0.1) is 0 Å². The standard InChI is InChI=1S/C22H19N3O3S/c1-25(16-17-9-8-14-23-15-17)29(26,27)22-20(18-10-4-2-5-11-18)28-21(24-22)19-12-6-3-7-13-19/h2-15H,16H2,1H3. The van der Waals surface area contributed by atoms with Crippen LogP contribution in [-0.2, 0) is 16.6 Å². The molecule has 2 aromatic carbocycles. The number of aromatic nitrogens is 2. The number of pyridine rings is 1. The van der Waals surface area contributed by atoms with Crippen molar-refractivity contribution in [3.63, 3.8) is 0 Å². The van der Waals surface area contributed by atoms with Gasteiger partial charge in [0, 0.05) is 37.1 Å². The first kappa shape index (κ1) is 19.0. The van der Waals surface area contributed by atoms with E-state index in [1.807, 2.05) is 54.6 Å². The van der Waals surface area contributed by atoms with Crippen LogP contribution in [0.25, 0.3) is 22.8 Å². The van der Waals surface area contributed by atoms with Crippen LogP contribution in [0.5, 0.6) is 0 Å². The first-order valence-electron chi connectivity index (χ1n) is 9.02. The second-order valence-electron chi connectivity index (χ2n) is 6.51.